The van der Waals surface area contributed by atoms with Crippen LogP contribution in [0.25, 0.3) is 11.4 Å². The molecule has 0 fully saturated rings. The lowest BCUT2D eigenvalue weighted by Gasteiger charge is -2.07. The molecule has 2 N–H and O–H groups in total. The average Bonchev–Trinajstić information content (AvgIpc) is 3.03. The standard InChI is InChI=1S/C18H18N4O3S/c1-3-25-15-9-5-7-13(16(15)23)11-19-22-17(20-21-18(22)26)12-6-4-8-14(10-12)24-2/h4-11,23H,3H2,1-2H3,(H,21,26)/b19-11+. The van der Waals surface area contributed by atoms with E-state index in [1.54, 1.807) is 25.3 Å². The molecule has 134 valence electrons. The number of phenols is 1. The highest BCUT2D eigenvalue weighted by atomic mass is 32.1. The van der Waals surface area contributed by atoms with Crippen molar-refractivity contribution in [1.29, 1.82) is 0 Å². The SMILES string of the molecule is CCOc1cccc(/C=N/n2c(-c3cccc(OC)c3)n[nH]c2=S)c1O. The maximum Gasteiger partial charge on any atom is 0.216 e. The number of hydrogen-bond acceptors (Lipinski definition) is 6. The first kappa shape index (κ1) is 17.7. The molecule has 0 saturated carbocycles. The van der Waals surface area contributed by atoms with Crippen LogP contribution in [0.15, 0.2) is 47.6 Å². The summed E-state index contributed by atoms with van der Waals surface area (Å²) in [6, 6.07) is 12.6. The van der Waals surface area contributed by atoms with Crippen LogP contribution >= 0.6 is 12.2 Å². The van der Waals surface area contributed by atoms with Crippen LogP contribution in [-0.4, -0.2) is 39.9 Å². The Hall–Kier alpha value is -3.13. The third kappa shape index (κ3) is 3.60. The number of hydrogen-bond donors (Lipinski definition) is 2. The predicted molar refractivity (Wildman–Crippen MR) is 102 cm³/mol. The fourth-order valence-electron chi connectivity index (χ4n) is 2.38. The average molecular weight is 370 g/mol. The number of benzene rings is 2. The summed E-state index contributed by atoms with van der Waals surface area (Å²) in [4.78, 5) is 0. The first-order chi connectivity index (χ1) is 12.6. The van der Waals surface area contributed by atoms with E-state index in [4.69, 9.17) is 21.7 Å². The largest absolute Gasteiger partial charge is 0.504 e. The van der Waals surface area contributed by atoms with Crippen LogP contribution in [0.3, 0.4) is 0 Å². The van der Waals surface area contributed by atoms with Crippen molar-refractivity contribution in [1.82, 2.24) is 14.9 Å². The Morgan fingerprint density at radius 2 is 2.12 bits per heavy atom. The zero-order valence-electron chi connectivity index (χ0n) is 14.3. The smallest absolute Gasteiger partial charge is 0.216 e. The molecule has 0 aliphatic rings. The van der Waals surface area contributed by atoms with Gasteiger partial charge in [-0.25, -0.2) is 5.10 Å². The monoisotopic (exact) mass is 370 g/mol. The molecule has 26 heavy (non-hydrogen) atoms. The Balaban J connectivity index is 1.99. The second-order valence-electron chi connectivity index (χ2n) is 5.27. The number of para-hydroxylation sites is 1. The van der Waals surface area contributed by atoms with Gasteiger partial charge < -0.3 is 14.6 Å². The molecule has 0 saturated heterocycles. The second kappa shape index (κ2) is 7.83. The van der Waals surface area contributed by atoms with Crippen LogP contribution in [0.5, 0.6) is 17.2 Å². The highest BCUT2D eigenvalue weighted by molar-refractivity contribution is 7.71. The van der Waals surface area contributed by atoms with Crippen molar-refractivity contribution in [3.63, 3.8) is 0 Å². The number of ether oxygens (including phenoxy) is 2. The Labute approximate surface area is 155 Å². The lowest BCUT2D eigenvalue weighted by Crippen LogP contribution is -1.97. The zero-order valence-corrected chi connectivity index (χ0v) is 15.2. The van der Waals surface area contributed by atoms with Gasteiger partial charge in [-0.3, -0.25) is 0 Å². The van der Waals surface area contributed by atoms with E-state index in [-0.39, 0.29) is 5.75 Å². The number of phenolic OH excluding ortho intramolecular Hbond substituents is 1. The first-order valence-electron chi connectivity index (χ1n) is 7.95. The Bertz CT molecular complexity index is 994. The Kier molecular flexibility index (Phi) is 5.33. The van der Waals surface area contributed by atoms with E-state index in [1.807, 2.05) is 31.2 Å². The van der Waals surface area contributed by atoms with E-state index < -0.39 is 0 Å². The number of aromatic amines is 1. The van der Waals surface area contributed by atoms with E-state index >= 15 is 0 Å². The van der Waals surface area contributed by atoms with Gasteiger partial charge >= 0.3 is 0 Å². The summed E-state index contributed by atoms with van der Waals surface area (Å²) < 4.78 is 12.4. The Morgan fingerprint density at radius 3 is 2.88 bits per heavy atom. The summed E-state index contributed by atoms with van der Waals surface area (Å²) in [5.41, 5.74) is 1.30. The maximum atomic E-state index is 10.3. The van der Waals surface area contributed by atoms with Crippen molar-refractivity contribution >= 4 is 18.4 Å². The summed E-state index contributed by atoms with van der Waals surface area (Å²) in [5.74, 6) is 1.66. The van der Waals surface area contributed by atoms with Gasteiger partial charge in [0, 0.05) is 11.1 Å². The predicted octanol–water partition coefficient (Wildman–Crippen LogP) is 3.60. The molecule has 0 bridgehead atoms. The zero-order chi connectivity index (χ0) is 18.5. The quantitative estimate of drug-likeness (QED) is 0.511. The summed E-state index contributed by atoms with van der Waals surface area (Å²) in [6.45, 7) is 2.31. The summed E-state index contributed by atoms with van der Waals surface area (Å²) in [6.07, 6.45) is 1.51. The minimum Gasteiger partial charge on any atom is -0.504 e. The first-order valence-corrected chi connectivity index (χ1v) is 8.35. The third-order valence-corrected chi connectivity index (χ3v) is 3.88. The number of methoxy groups -OCH3 is 1. The van der Waals surface area contributed by atoms with E-state index in [9.17, 15) is 5.11 Å². The van der Waals surface area contributed by atoms with E-state index in [2.05, 4.69) is 15.3 Å². The van der Waals surface area contributed by atoms with Crippen LogP contribution in [0.4, 0.5) is 0 Å². The summed E-state index contributed by atoms with van der Waals surface area (Å²) in [5, 5.41) is 21.6. The van der Waals surface area contributed by atoms with Crippen LogP contribution in [0.2, 0.25) is 0 Å². The Morgan fingerprint density at radius 1 is 1.31 bits per heavy atom. The molecule has 1 heterocycles. The fourth-order valence-corrected chi connectivity index (χ4v) is 2.56. The molecule has 0 atom stereocenters. The van der Waals surface area contributed by atoms with E-state index in [1.165, 1.54) is 10.9 Å². The minimum atomic E-state index is 0.0241. The van der Waals surface area contributed by atoms with E-state index in [0.717, 1.165) is 5.56 Å². The molecule has 0 aliphatic heterocycles. The van der Waals surface area contributed by atoms with E-state index in [0.29, 0.717) is 34.3 Å². The molecule has 8 heteroatoms. The van der Waals surface area contributed by atoms with Gasteiger partial charge in [-0.15, -0.1) is 0 Å². The van der Waals surface area contributed by atoms with Crippen molar-refractivity contribution < 1.29 is 14.6 Å². The molecule has 3 rings (SSSR count). The van der Waals surface area contributed by atoms with Gasteiger partial charge in [0.05, 0.1) is 19.9 Å². The normalized spacial score (nSPS) is 11.0. The number of rotatable bonds is 6. The molecule has 0 spiro atoms. The minimum absolute atomic E-state index is 0.0241. The van der Waals surface area contributed by atoms with Crippen LogP contribution in [-0.2, 0) is 0 Å². The van der Waals surface area contributed by atoms with Crippen molar-refractivity contribution in [3.8, 4) is 28.6 Å². The molecule has 2 aromatic carbocycles. The summed E-state index contributed by atoms with van der Waals surface area (Å²) >= 11 is 5.26. The maximum absolute atomic E-state index is 10.3. The lowest BCUT2D eigenvalue weighted by molar-refractivity contribution is 0.318. The molecule has 1 aromatic heterocycles. The van der Waals surface area contributed by atoms with Gasteiger partial charge in [0.2, 0.25) is 4.77 Å². The van der Waals surface area contributed by atoms with Gasteiger partial charge in [-0.1, -0.05) is 18.2 Å². The van der Waals surface area contributed by atoms with Crippen molar-refractivity contribution in [2.75, 3.05) is 13.7 Å². The molecule has 3 aromatic rings. The molecule has 0 aliphatic carbocycles. The van der Waals surface area contributed by atoms with Gasteiger partial charge in [0.1, 0.15) is 5.75 Å². The number of nitrogens with one attached hydrogen (secondary N) is 1. The van der Waals surface area contributed by atoms with Gasteiger partial charge in [0.25, 0.3) is 0 Å². The third-order valence-electron chi connectivity index (χ3n) is 3.62. The lowest BCUT2D eigenvalue weighted by atomic mass is 10.2. The second-order valence-corrected chi connectivity index (χ2v) is 5.65. The van der Waals surface area contributed by atoms with Crippen molar-refractivity contribution in [3.05, 3.63) is 52.8 Å². The van der Waals surface area contributed by atoms with Crippen LogP contribution in [0, 0.1) is 4.77 Å². The molecular formula is C18H18N4O3S. The molecule has 0 unspecified atom stereocenters. The molecule has 7 nitrogen and oxygen atoms in total. The van der Waals surface area contributed by atoms with Crippen LogP contribution < -0.4 is 9.47 Å². The summed E-state index contributed by atoms with van der Waals surface area (Å²) in [7, 11) is 1.60. The van der Waals surface area contributed by atoms with Crippen LogP contribution in [0.1, 0.15) is 12.5 Å². The number of aromatic hydroxyl groups is 1. The molecule has 0 amide bonds. The highest BCUT2D eigenvalue weighted by Crippen LogP contribution is 2.29. The molecule has 0 radical (unpaired) electrons. The topological polar surface area (TPSA) is 84.7 Å². The van der Waals surface area contributed by atoms with Gasteiger partial charge in [-0.05, 0) is 43.4 Å². The number of H-pyrrole nitrogens is 1. The van der Waals surface area contributed by atoms with Crippen molar-refractivity contribution in [2.24, 2.45) is 5.10 Å². The molecular weight excluding hydrogens is 352 g/mol. The number of nitrogens with zero attached hydrogens (tertiary/aromatic N) is 3. The van der Waals surface area contributed by atoms with Crippen molar-refractivity contribution in [2.45, 2.75) is 6.92 Å². The highest BCUT2D eigenvalue weighted by Gasteiger charge is 2.10. The fraction of sp³-hybridized carbons (Fsp3) is 0.167. The number of aromatic nitrogens is 3. The van der Waals surface area contributed by atoms with Gasteiger partial charge in [-0.2, -0.15) is 14.9 Å². The van der Waals surface area contributed by atoms with Gasteiger partial charge in [0.15, 0.2) is 17.3 Å².